The summed E-state index contributed by atoms with van der Waals surface area (Å²) in [4.78, 5) is 27.9. The van der Waals surface area contributed by atoms with Crippen molar-refractivity contribution in [2.75, 3.05) is 13.1 Å². The van der Waals surface area contributed by atoms with Crippen molar-refractivity contribution in [2.45, 2.75) is 38.1 Å². The van der Waals surface area contributed by atoms with E-state index in [4.69, 9.17) is 0 Å². The minimum atomic E-state index is -3.69. The maximum absolute atomic E-state index is 13.2. The van der Waals surface area contributed by atoms with Crippen molar-refractivity contribution < 1.29 is 13.2 Å². The summed E-state index contributed by atoms with van der Waals surface area (Å²) in [6.07, 6.45) is 1.84. The predicted molar refractivity (Wildman–Crippen MR) is 124 cm³/mol. The van der Waals surface area contributed by atoms with Crippen LogP contribution in [-0.4, -0.2) is 36.7 Å². The van der Waals surface area contributed by atoms with Crippen LogP contribution in [0, 0.1) is 12.8 Å². The second kappa shape index (κ2) is 8.88. The van der Waals surface area contributed by atoms with Crippen LogP contribution in [0.4, 0.5) is 0 Å². The number of aromatic nitrogens is 1. The Labute approximate surface area is 187 Å². The molecule has 3 aromatic rings. The van der Waals surface area contributed by atoms with Crippen molar-refractivity contribution in [3.63, 3.8) is 0 Å². The van der Waals surface area contributed by atoms with Crippen LogP contribution < -0.4 is 10.9 Å². The molecule has 7 nitrogen and oxygen atoms in total. The van der Waals surface area contributed by atoms with Gasteiger partial charge in [0.1, 0.15) is 0 Å². The van der Waals surface area contributed by atoms with Crippen LogP contribution in [0.25, 0.3) is 10.9 Å². The maximum atomic E-state index is 13.2. The number of aromatic amines is 1. The van der Waals surface area contributed by atoms with Crippen LogP contribution in [0.2, 0.25) is 0 Å². The molecule has 1 aliphatic rings. The SMILES string of the molecule is Cc1ccc(CNC(=O)c2cc(=O)[nH]c3ccc(S(=O)(=O)N4CCC[C@H](C)C4)cc23)cc1. The molecular formula is C24H27N3O4S. The summed E-state index contributed by atoms with van der Waals surface area (Å²) >= 11 is 0. The number of sulfonamides is 1. The lowest BCUT2D eigenvalue weighted by Gasteiger charge is -2.30. The fourth-order valence-electron chi connectivity index (χ4n) is 4.08. The second-order valence-corrected chi connectivity index (χ2v) is 10.5. The lowest BCUT2D eigenvalue weighted by atomic mass is 10.0. The van der Waals surface area contributed by atoms with E-state index >= 15 is 0 Å². The van der Waals surface area contributed by atoms with Gasteiger partial charge in [0.05, 0.1) is 10.5 Å². The van der Waals surface area contributed by atoms with E-state index in [0.717, 1.165) is 24.0 Å². The molecule has 168 valence electrons. The Balaban J connectivity index is 1.67. The molecule has 1 fully saturated rings. The van der Waals surface area contributed by atoms with E-state index in [1.165, 1.54) is 22.5 Å². The Morgan fingerprint density at radius 2 is 1.91 bits per heavy atom. The molecule has 1 aromatic heterocycles. The highest BCUT2D eigenvalue weighted by Crippen LogP contribution is 2.26. The number of piperidine rings is 1. The standard InChI is InChI=1S/C24H27N3O4S/c1-16-5-7-18(8-6-16)14-25-24(29)21-13-23(28)26-22-10-9-19(12-20(21)22)32(30,31)27-11-3-4-17(2)15-27/h5-10,12-13,17H,3-4,11,14-15H2,1-2H3,(H,25,29)(H,26,28)/t17-/m0/s1. The number of hydrogen-bond donors (Lipinski definition) is 2. The van der Waals surface area contributed by atoms with Gasteiger partial charge in [-0.15, -0.1) is 0 Å². The number of aryl methyl sites for hydroxylation is 1. The molecule has 2 aromatic carbocycles. The number of nitrogens with one attached hydrogen (secondary N) is 2. The lowest BCUT2D eigenvalue weighted by molar-refractivity contribution is 0.0952. The van der Waals surface area contributed by atoms with Gasteiger partial charge in [-0.25, -0.2) is 8.42 Å². The summed E-state index contributed by atoms with van der Waals surface area (Å²) in [5.74, 6) is -0.124. The summed E-state index contributed by atoms with van der Waals surface area (Å²) in [6.45, 7) is 5.30. The number of carbonyl (C=O) groups is 1. The number of amides is 1. The van der Waals surface area contributed by atoms with Gasteiger partial charge in [0.15, 0.2) is 0 Å². The molecule has 0 spiro atoms. The minimum Gasteiger partial charge on any atom is -0.348 e. The zero-order chi connectivity index (χ0) is 22.9. The normalized spacial score (nSPS) is 17.4. The molecule has 32 heavy (non-hydrogen) atoms. The molecule has 1 amide bonds. The monoisotopic (exact) mass is 453 g/mol. The zero-order valence-electron chi connectivity index (χ0n) is 18.2. The molecule has 0 saturated carbocycles. The van der Waals surface area contributed by atoms with Crippen LogP contribution in [0.1, 0.15) is 41.3 Å². The summed E-state index contributed by atoms with van der Waals surface area (Å²) in [7, 11) is -3.69. The van der Waals surface area contributed by atoms with E-state index in [2.05, 4.69) is 10.3 Å². The van der Waals surface area contributed by atoms with Crippen molar-refractivity contribution in [3.05, 3.63) is 75.6 Å². The van der Waals surface area contributed by atoms with Crippen LogP contribution in [0.3, 0.4) is 0 Å². The van der Waals surface area contributed by atoms with Crippen LogP contribution in [-0.2, 0) is 16.6 Å². The Hall–Kier alpha value is -2.97. The van der Waals surface area contributed by atoms with Crippen LogP contribution in [0.5, 0.6) is 0 Å². The summed E-state index contributed by atoms with van der Waals surface area (Å²) < 4.78 is 27.9. The van der Waals surface area contributed by atoms with Crippen molar-refractivity contribution >= 4 is 26.8 Å². The van der Waals surface area contributed by atoms with Gasteiger partial charge in [0.2, 0.25) is 15.6 Å². The third-order valence-corrected chi connectivity index (χ3v) is 7.75. The number of benzene rings is 2. The molecule has 1 aliphatic heterocycles. The van der Waals surface area contributed by atoms with Crippen molar-refractivity contribution in [2.24, 2.45) is 5.92 Å². The molecule has 0 aliphatic carbocycles. The third kappa shape index (κ3) is 4.61. The van der Waals surface area contributed by atoms with E-state index in [1.807, 2.05) is 38.1 Å². The third-order valence-electron chi connectivity index (χ3n) is 5.89. The first-order chi connectivity index (χ1) is 15.2. The molecule has 0 radical (unpaired) electrons. The summed E-state index contributed by atoms with van der Waals surface area (Å²) in [5, 5.41) is 3.23. The first-order valence-corrected chi connectivity index (χ1v) is 12.2. The number of hydrogen-bond acceptors (Lipinski definition) is 4. The van der Waals surface area contributed by atoms with Crippen molar-refractivity contribution in [1.29, 1.82) is 0 Å². The zero-order valence-corrected chi connectivity index (χ0v) is 19.0. The van der Waals surface area contributed by atoms with Gasteiger partial charge >= 0.3 is 0 Å². The molecule has 0 unspecified atom stereocenters. The highest BCUT2D eigenvalue weighted by atomic mass is 32.2. The van der Waals surface area contributed by atoms with Crippen molar-refractivity contribution in [1.82, 2.24) is 14.6 Å². The minimum absolute atomic E-state index is 0.124. The Bertz CT molecular complexity index is 1310. The van der Waals surface area contributed by atoms with E-state index in [0.29, 0.717) is 36.5 Å². The van der Waals surface area contributed by atoms with Crippen LogP contribution in [0.15, 0.2) is 58.2 Å². The molecular weight excluding hydrogens is 426 g/mol. The number of pyridine rings is 1. The second-order valence-electron chi connectivity index (χ2n) is 8.53. The average molecular weight is 454 g/mol. The number of carbonyl (C=O) groups excluding carboxylic acids is 1. The largest absolute Gasteiger partial charge is 0.348 e. The molecule has 1 atom stereocenters. The highest BCUT2D eigenvalue weighted by Gasteiger charge is 2.29. The van der Waals surface area contributed by atoms with Crippen LogP contribution >= 0.6 is 0 Å². The van der Waals surface area contributed by atoms with E-state index < -0.39 is 21.5 Å². The lowest BCUT2D eigenvalue weighted by Crippen LogP contribution is -2.39. The molecule has 8 heteroatoms. The van der Waals surface area contributed by atoms with E-state index in [-0.39, 0.29) is 10.5 Å². The smallest absolute Gasteiger partial charge is 0.252 e. The van der Waals surface area contributed by atoms with Crippen molar-refractivity contribution in [3.8, 4) is 0 Å². The number of rotatable bonds is 5. The number of fused-ring (bicyclic) bond motifs is 1. The van der Waals surface area contributed by atoms with Gasteiger partial charge in [-0.1, -0.05) is 36.8 Å². The fraction of sp³-hybridized carbons (Fsp3) is 0.333. The first-order valence-electron chi connectivity index (χ1n) is 10.7. The molecule has 1 saturated heterocycles. The Morgan fingerprint density at radius 3 is 2.62 bits per heavy atom. The van der Waals surface area contributed by atoms with Gasteiger partial charge in [-0.05, 0) is 49.4 Å². The number of H-pyrrole nitrogens is 1. The van der Waals surface area contributed by atoms with E-state index in [1.54, 1.807) is 6.07 Å². The summed E-state index contributed by atoms with van der Waals surface area (Å²) in [5.41, 5.74) is 2.21. The van der Waals surface area contributed by atoms with Gasteiger partial charge in [0, 0.05) is 36.6 Å². The average Bonchev–Trinajstić information content (AvgIpc) is 2.77. The molecule has 0 bridgehead atoms. The molecule has 2 N–H and O–H groups in total. The molecule has 4 rings (SSSR count). The summed E-state index contributed by atoms with van der Waals surface area (Å²) in [6, 6.07) is 13.5. The van der Waals surface area contributed by atoms with Gasteiger partial charge < -0.3 is 10.3 Å². The Morgan fingerprint density at radius 1 is 1.16 bits per heavy atom. The Kier molecular flexibility index (Phi) is 6.17. The number of nitrogens with zero attached hydrogens (tertiary/aromatic N) is 1. The predicted octanol–water partition coefficient (Wildman–Crippen LogP) is 3.19. The van der Waals surface area contributed by atoms with E-state index in [9.17, 15) is 18.0 Å². The topological polar surface area (TPSA) is 99.3 Å². The first kappa shape index (κ1) is 22.2. The quantitative estimate of drug-likeness (QED) is 0.620. The van der Waals surface area contributed by atoms with Gasteiger partial charge in [-0.2, -0.15) is 4.31 Å². The maximum Gasteiger partial charge on any atom is 0.252 e. The molecule has 2 heterocycles. The highest BCUT2D eigenvalue weighted by molar-refractivity contribution is 7.89. The fourth-order valence-corrected chi connectivity index (χ4v) is 5.70. The van der Waals surface area contributed by atoms with Gasteiger partial charge in [0.25, 0.3) is 5.91 Å². The van der Waals surface area contributed by atoms with Gasteiger partial charge in [-0.3, -0.25) is 9.59 Å².